The summed E-state index contributed by atoms with van der Waals surface area (Å²) in [4.78, 5) is 0. The Morgan fingerprint density at radius 1 is 1.50 bits per heavy atom. The van der Waals surface area contributed by atoms with Crippen LogP contribution in [-0.4, -0.2) is 18.2 Å². The van der Waals surface area contributed by atoms with Gasteiger partial charge in [0, 0.05) is 12.1 Å². The fraction of sp³-hybridized carbons (Fsp3) is 0.500. The first-order chi connectivity index (χ1) is 8.36. The molecule has 1 N–H and O–H groups in total. The average Bonchev–Trinajstić information content (AvgIpc) is 2.30. The molecule has 0 saturated carbocycles. The van der Waals surface area contributed by atoms with Gasteiger partial charge in [-0.05, 0) is 39.3 Å². The van der Waals surface area contributed by atoms with Crippen LogP contribution in [0.5, 0.6) is 5.75 Å². The summed E-state index contributed by atoms with van der Waals surface area (Å²) < 4.78 is 18.8. The Labute approximate surface area is 108 Å². The third-order valence-electron chi connectivity index (χ3n) is 2.52. The summed E-state index contributed by atoms with van der Waals surface area (Å²) in [6.45, 7) is 7.54. The lowest BCUT2D eigenvalue weighted by Gasteiger charge is -2.25. The van der Waals surface area contributed by atoms with Gasteiger partial charge < -0.3 is 4.74 Å². The molecule has 98 valence electrons. The standard InChI is InChI=1S/C14H19FN2O/c1-10(2)17-14(4,8-16)9-18-12-6-5-11(3)13(15)7-12/h5-7,10,17H,9H2,1-4H3. The number of hydrogen-bond donors (Lipinski definition) is 1. The lowest BCUT2D eigenvalue weighted by molar-refractivity contribution is 0.224. The summed E-state index contributed by atoms with van der Waals surface area (Å²) in [5.74, 6) is 0.133. The van der Waals surface area contributed by atoms with E-state index in [4.69, 9.17) is 10.00 Å². The van der Waals surface area contributed by atoms with Crippen molar-refractivity contribution in [3.05, 3.63) is 29.6 Å². The highest BCUT2D eigenvalue weighted by Gasteiger charge is 2.25. The van der Waals surface area contributed by atoms with Gasteiger partial charge in [-0.2, -0.15) is 5.26 Å². The summed E-state index contributed by atoms with van der Waals surface area (Å²) in [6.07, 6.45) is 0. The van der Waals surface area contributed by atoms with Crippen LogP contribution in [0.3, 0.4) is 0 Å². The molecule has 3 nitrogen and oxygen atoms in total. The zero-order chi connectivity index (χ0) is 13.8. The van der Waals surface area contributed by atoms with E-state index in [1.165, 1.54) is 6.07 Å². The molecule has 1 unspecified atom stereocenters. The molecule has 1 aromatic carbocycles. The van der Waals surface area contributed by atoms with Crippen molar-refractivity contribution in [2.45, 2.75) is 39.3 Å². The number of hydrogen-bond acceptors (Lipinski definition) is 3. The summed E-state index contributed by atoms with van der Waals surface area (Å²) in [5, 5.41) is 12.3. The SMILES string of the molecule is Cc1ccc(OCC(C)(C#N)NC(C)C)cc1F. The van der Waals surface area contributed by atoms with Crippen molar-refractivity contribution in [3.8, 4) is 11.8 Å². The minimum absolute atomic E-state index is 0.171. The highest BCUT2D eigenvalue weighted by atomic mass is 19.1. The van der Waals surface area contributed by atoms with Gasteiger partial charge in [-0.15, -0.1) is 0 Å². The van der Waals surface area contributed by atoms with Gasteiger partial charge in [0.25, 0.3) is 0 Å². The van der Waals surface area contributed by atoms with Crippen molar-refractivity contribution < 1.29 is 9.13 Å². The van der Waals surface area contributed by atoms with Crippen LogP contribution in [0.1, 0.15) is 26.3 Å². The zero-order valence-electron chi connectivity index (χ0n) is 11.2. The third-order valence-corrected chi connectivity index (χ3v) is 2.52. The molecule has 1 rings (SSSR count). The molecule has 18 heavy (non-hydrogen) atoms. The summed E-state index contributed by atoms with van der Waals surface area (Å²) >= 11 is 0. The predicted molar refractivity (Wildman–Crippen MR) is 68.9 cm³/mol. The Morgan fingerprint density at radius 3 is 2.67 bits per heavy atom. The van der Waals surface area contributed by atoms with Gasteiger partial charge in [0.2, 0.25) is 0 Å². The van der Waals surface area contributed by atoms with E-state index in [1.807, 2.05) is 13.8 Å². The van der Waals surface area contributed by atoms with E-state index in [0.29, 0.717) is 11.3 Å². The van der Waals surface area contributed by atoms with E-state index in [-0.39, 0.29) is 18.5 Å². The monoisotopic (exact) mass is 250 g/mol. The van der Waals surface area contributed by atoms with Crippen LogP contribution < -0.4 is 10.1 Å². The topological polar surface area (TPSA) is 45.0 Å². The molecule has 4 heteroatoms. The van der Waals surface area contributed by atoms with Gasteiger partial charge in [-0.1, -0.05) is 6.07 Å². The highest BCUT2D eigenvalue weighted by molar-refractivity contribution is 5.28. The molecule has 0 aromatic heterocycles. The molecule has 0 aliphatic rings. The number of halogens is 1. The summed E-state index contributed by atoms with van der Waals surface area (Å²) in [7, 11) is 0. The Morgan fingerprint density at radius 2 is 2.17 bits per heavy atom. The highest BCUT2D eigenvalue weighted by Crippen LogP contribution is 2.17. The quantitative estimate of drug-likeness (QED) is 0.874. The Kier molecular flexibility index (Phi) is 4.69. The lowest BCUT2D eigenvalue weighted by Crippen LogP contribution is -2.49. The Balaban J connectivity index is 2.68. The maximum Gasteiger partial charge on any atom is 0.138 e. The molecule has 0 aliphatic carbocycles. The third kappa shape index (κ3) is 4.01. The number of rotatable bonds is 5. The largest absolute Gasteiger partial charge is 0.490 e. The molecule has 0 bridgehead atoms. The minimum atomic E-state index is -0.782. The van der Waals surface area contributed by atoms with Gasteiger partial charge >= 0.3 is 0 Å². The van der Waals surface area contributed by atoms with Gasteiger partial charge in [0.05, 0.1) is 6.07 Å². The van der Waals surface area contributed by atoms with Crippen LogP contribution in [0.2, 0.25) is 0 Å². The lowest BCUT2D eigenvalue weighted by atomic mass is 10.1. The molecule has 0 saturated heterocycles. The van der Waals surface area contributed by atoms with Gasteiger partial charge in [0.15, 0.2) is 0 Å². The molecule has 0 heterocycles. The summed E-state index contributed by atoms with van der Waals surface area (Å²) in [5.41, 5.74) is -0.207. The summed E-state index contributed by atoms with van der Waals surface area (Å²) in [6, 6.07) is 7.04. The van der Waals surface area contributed by atoms with E-state index >= 15 is 0 Å². The normalized spacial score (nSPS) is 14.1. The number of benzene rings is 1. The second-order valence-corrected chi connectivity index (χ2v) is 4.94. The fourth-order valence-electron chi connectivity index (χ4n) is 1.63. The van der Waals surface area contributed by atoms with Crippen molar-refractivity contribution in [2.24, 2.45) is 0 Å². The maximum absolute atomic E-state index is 13.3. The van der Waals surface area contributed by atoms with Gasteiger partial charge in [-0.3, -0.25) is 5.32 Å². The van der Waals surface area contributed by atoms with E-state index in [2.05, 4.69) is 11.4 Å². The zero-order valence-corrected chi connectivity index (χ0v) is 11.2. The number of ether oxygens (including phenoxy) is 1. The molecular weight excluding hydrogens is 231 g/mol. The molecule has 1 atom stereocenters. The van der Waals surface area contributed by atoms with Crippen molar-refractivity contribution in [3.63, 3.8) is 0 Å². The predicted octanol–water partition coefficient (Wildman–Crippen LogP) is 2.79. The van der Waals surface area contributed by atoms with Crippen molar-refractivity contribution >= 4 is 0 Å². The van der Waals surface area contributed by atoms with Crippen molar-refractivity contribution in [1.29, 1.82) is 5.26 Å². The minimum Gasteiger partial charge on any atom is -0.490 e. The van der Waals surface area contributed by atoms with Gasteiger partial charge in [-0.25, -0.2) is 4.39 Å². The second kappa shape index (κ2) is 5.83. The van der Waals surface area contributed by atoms with Crippen molar-refractivity contribution in [1.82, 2.24) is 5.32 Å². The molecule has 0 spiro atoms. The Hall–Kier alpha value is -1.60. The fourth-order valence-corrected chi connectivity index (χ4v) is 1.63. The van der Waals surface area contributed by atoms with Gasteiger partial charge in [0.1, 0.15) is 23.7 Å². The smallest absolute Gasteiger partial charge is 0.138 e. The van der Waals surface area contributed by atoms with Crippen molar-refractivity contribution in [2.75, 3.05) is 6.61 Å². The molecule has 0 aliphatic heterocycles. The number of nitrogens with zero attached hydrogens (tertiary/aromatic N) is 1. The van der Waals surface area contributed by atoms with Crippen LogP contribution in [-0.2, 0) is 0 Å². The van der Waals surface area contributed by atoms with Crippen LogP contribution in [0.4, 0.5) is 4.39 Å². The van der Waals surface area contributed by atoms with Crippen LogP contribution in [0, 0.1) is 24.1 Å². The Bertz CT molecular complexity index is 454. The second-order valence-electron chi connectivity index (χ2n) is 4.94. The molecule has 1 aromatic rings. The number of aryl methyl sites for hydroxylation is 1. The maximum atomic E-state index is 13.3. The van der Waals surface area contributed by atoms with Crippen LogP contribution >= 0.6 is 0 Å². The first-order valence-corrected chi connectivity index (χ1v) is 5.94. The number of nitrogens with one attached hydrogen (secondary N) is 1. The first-order valence-electron chi connectivity index (χ1n) is 5.94. The number of nitriles is 1. The molecule has 0 radical (unpaired) electrons. The molecular formula is C14H19FN2O. The van der Waals surface area contributed by atoms with E-state index in [1.54, 1.807) is 26.0 Å². The van der Waals surface area contributed by atoms with E-state index in [0.717, 1.165) is 0 Å². The average molecular weight is 250 g/mol. The van der Waals surface area contributed by atoms with Crippen LogP contribution in [0.25, 0.3) is 0 Å². The molecule has 0 amide bonds. The van der Waals surface area contributed by atoms with E-state index < -0.39 is 5.54 Å². The van der Waals surface area contributed by atoms with Crippen LogP contribution in [0.15, 0.2) is 18.2 Å². The molecule has 0 fully saturated rings. The van der Waals surface area contributed by atoms with E-state index in [9.17, 15) is 4.39 Å². The first kappa shape index (κ1) is 14.5.